The van der Waals surface area contributed by atoms with E-state index >= 15 is 0 Å². The molecular formula is C22H35IN4O2. The Morgan fingerprint density at radius 2 is 2.07 bits per heavy atom. The van der Waals surface area contributed by atoms with Crippen molar-refractivity contribution in [1.82, 2.24) is 15.6 Å². The van der Waals surface area contributed by atoms with Crippen LogP contribution in [0.2, 0.25) is 0 Å². The number of aromatic nitrogens is 1. The topological polar surface area (TPSA) is 70.7 Å². The first kappa shape index (κ1) is 24.0. The fraction of sp³-hybridized carbons (Fsp3) is 0.591. The predicted octanol–water partition coefficient (Wildman–Crippen LogP) is 3.72. The highest BCUT2D eigenvalue weighted by Gasteiger charge is 2.13. The van der Waals surface area contributed by atoms with E-state index in [0.717, 1.165) is 77.7 Å². The molecule has 3 rings (SSSR count). The number of nitrogens with one attached hydrogen (secondary N) is 3. The molecule has 7 heteroatoms. The SMILES string of the molecule is CCNC(=NCCCOCC1CCOCC1)NCCc1c[nH]c2ccccc12.I. The molecule has 162 valence electrons. The van der Waals surface area contributed by atoms with E-state index in [1.165, 1.54) is 16.5 Å². The summed E-state index contributed by atoms with van der Waals surface area (Å²) in [4.78, 5) is 8.00. The Morgan fingerprint density at radius 1 is 1.24 bits per heavy atom. The summed E-state index contributed by atoms with van der Waals surface area (Å²) in [6.07, 6.45) is 6.27. The Morgan fingerprint density at radius 3 is 2.90 bits per heavy atom. The zero-order valence-corrected chi connectivity index (χ0v) is 19.7. The molecule has 1 aliphatic heterocycles. The molecule has 1 saturated heterocycles. The van der Waals surface area contributed by atoms with Crippen LogP contribution in [0.15, 0.2) is 35.5 Å². The molecule has 0 saturated carbocycles. The lowest BCUT2D eigenvalue weighted by Crippen LogP contribution is -2.38. The predicted molar refractivity (Wildman–Crippen MR) is 130 cm³/mol. The van der Waals surface area contributed by atoms with Crippen molar-refractivity contribution in [2.45, 2.75) is 32.6 Å². The molecule has 2 heterocycles. The van der Waals surface area contributed by atoms with E-state index in [9.17, 15) is 0 Å². The number of para-hydroxylation sites is 1. The van der Waals surface area contributed by atoms with E-state index in [2.05, 4.69) is 58.0 Å². The van der Waals surface area contributed by atoms with E-state index in [1.807, 2.05) is 0 Å². The molecule has 2 aromatic rings. The third-order valence-electron chi connectivity index (χ3n) is 5.12. The first-order valence-corrected chi connectivity index (χ1v) is 10.6. The minimum absolute atomic E-state index is 0. The number of benzene rings is 1. The van der Waals surface area contributed by atoms with Crippen molar-refractivity contribution in [3.05, 3.63) is 36.0 Å². The zero-order chi connectivity index (χ0) is 19.4. The Bertz CT molecular complexity index is 728. The van der Waals surface area contributed by atoms with E-state index < -0.39 is 0 Å². The number of guanidine groups is 1. The van der Waals surface area contributed by atoms with Gasteiger partial charge in [0.25, 0.3) is 0 Å². The minimum atomic E-state index is 0. The van der Waals surface area contributed by atoms with Gasteiger partial charge in [-0.2, -0.15) is 0 Å². The number of rotatable bonds is 10. The second-order valence-electron chi connectivity index (χ2n) is 7.28. The number of nitrogens with zero attached hydrogens (tertiary/aromatic N) is 1. The van der Waals surface area contributed by atoms with Crippen molar-refractivity contribution < 1.29 is 9.47 Å². The maximum atomic E-state index is 5.82. The Hall–Kier alpha value is -1.32. The number of fused-ring (bicyclic) bond motifs is 1. The van der Waals surface area contributed by atoms with Crippen LogP contribution in [0, 0.1) is 5.92 Å². The van der Waals surface area contributed by atoms with Crippen molar-refractivity contribution in [3.8, 4) is 0 Å². The normalized spacial score (nSPS) is 15.3. The van der Waals surface area contributed by atoms with Gasteiger partial charge in [-0.3, -0.25) is 4.99 Å². The molecule has 0 radical (unpaired) electrons. The first-order chi connectivity index (χ1) is 13.9. The zero-order valence-electron chi connectivity index (χ0n) is 17.4. The molecule has 0 amide bonds. The Labute approximate surface area is 191 Å². The summed E-state index contributed by atoms with van der Waals surface area (Å²) >= 11 is 0. The Kier molecular flexibility index (Phi) is 11.4. The van der Waals surface area contributed by atoms with Crippen molar-refractivity contribution in [2.75, 3.05) is 46.1 Å². The molecule has 0 spiro atoms. The van der Waals surface area contributed by atoms with Gasteiger partial charge >= 0.3 is 0 Å². The smallest absolute Gasteiger partial charge is 0.191 e. The summed E-state index contributed by atoms with van der Waals surface area (Å²) < 4.78 is 11.2. The van der Waals surface area contributed by atoms with Crippen LogP contribution >= 0.6 is 24.0 Å². The minimum Gasteiger partial charge on any atom is -0.381 e. The van der Waals surface area contributed by atoms with E-state index in [4.69, 9.17) is 9.47 Å². The lowest BCUT2D eigenvalue weighted by Gasteiger charge is -2.21. The van der Waals surface area contributed by atoms with E-state index in [-0.39, 0.29) is 24.0 Å². The molecule has 3 N–H and O–H groups in total. The van der Waals surface area contributed by atoms with Gasteiger partial charge in [0.1, 0.15) is 0 Å². The molecule has 1 fully saturated rings. The van der Waals surface area contributed by atoms with Gasteiger partial charge in [-0.05, 0) is 50.2 Å². The van der Waals surface area contributed by atoms with Gasteiger partial charge in [0.05, 0.1) is 0 Å². The molecule has 1 aromatic carbocycles. The van der Waals surface area contributed by atoms with Gasteiger partial charge in [-0.25, -0.2) is 0 Å². The first-order valence-electron chi connectivity index (χ1n) is 10.6. The molecule has 0 bridgehead atoms. The van der Waals surface area contributed by atoms with E-state index in [1.54, 1.807) is 0 Å². The van der Waals surface area contributed by atoms with Crippen LogP contribution in [-0.4, -0.2) is 57.0 Å². The number of H-pyrrole nitrogens is 1. The van der Waals surface area contributed by atoms with Crippen molar-refractivity contribution >= 4 is 40.8 Å². The van der Waals surface area contributed by atoms with Crippen LogP contribution in [-0.2, 0) is 15.9 Å². The highest BCUT2D eigenvalue weighted by atomic mass is 127. The molecule has 0 aliphatic carbocycles. The number of halogens is 1. The molecular weight excluding hydrogens is 479 g/mol. The summed E-state index contributed by atoms with van der Waals surface area (Å²) in [5.74, 6) is 1.55. The van der Waals surface area contributed by atoms with Gasteiger partial charge in [0.2, 0.25) is 0 Å². The number of hydrogen-bond acceptors (Lipinski definition) is 3. The molecule has 6 nitrogen and oxygen atoms in total. The number of aromatic amines is 1. The average molecular weight is 514 g/mol. The highest BCUT2D eigenvalue weighted by molar-refractivity contribution is 14.0. The third-order valence-corrected chi connectivity index (χ3v) is 5.12. The molecule has 1 aliphatic rings. The summed E-state index contributed by atoms with van der Waals surface area (Å²) in [7, 11) is 0. The molecule has 1 aromatic heterocycles. The standard InChI is InChI=1S/C22H34N4O2.HI/c1-2-23-22(24-11-5-13-28-17-18-9-14-27-15-10-18)25-12-8-19-16-26-21-7-4-3-6-20(19)21;/h3-4,6-7,16,18,26H,2,5,8-15,17H2,1H3,(H2,23,24,25);1H. The van der Waals surface area contributed by atoms with Crippen LogP contribution in [0.5, 0.6) is 0 Å². The third kappa shape index (κ3) is 8.14. The van der Waals surface area contributed by atoms with Gasteiger partial charge in [-0.1, -0.05) is 18.2 Å². The van der Waals surface area contributed by atoms with Crippen LogP contribution in [0.4, 0.5) is 0 Å². The summed E-state index contributed by atoms with van der Waals surface area (Å²) in [5, 5.41) is 8.05. The molecule has 0 atom stereocenters. The highest BCUT2D eigenvalue weighted by Crippen LogP contribution is 2.17. The Balaban J connectivity index is 0.00000300. The monoisotopic (exact) mass is 514 g/mol. The summed E-state index contributed by atoms with van der Waals surface area (Å²) in [6.45, 7) is 7.98. The quantitative estimate of drug-likeness (QED) is 0.196. The maximum absolute atomic E-state index is 5.82. The molecule has 0 unspecified atom stereocenters. The van der Waals surface area contributed by atoms with Gasteiger partial charge in [0, 0.05) is 63.2 Å². The number of aliphatic imine (C=N–C) groups is 1. The second kappa shape index (κ2) is 13.8. The lowest BCUT2D eigenvalue weighted by molar-refractivity contribution is 0.0205. The summed E-state index contributed by atoms with van der Waals surface area (Å²) in [6, 6.07) is 8.43. The van der Waals surface area contributed by atoms with Gasteiger partial charge in [-0.15, -0.1) is 24.0 Å². The van der Waals surface area contributed by atoms with Gasteiger partial charge in [0.15, 0.2) is 5.96 Å². The molecule has 29 heavy (non-hydrogen) atoms. The average Bonchev–Trinajstić information content (AvgIpc) is 3.14. The largest absolute Gasteiger partial charge is 0.381 e. The maximum Gasteiger partial charge on any atom is 0.191 e. The van der Waals surface area contributed by atoms with Crippen molar-refractivity contribution in [3.63, 3.8) is 0 Å². The lowest BCUT2D eigenvalue weighted by atomic mass is 10.0. The fourth-order valence-electron chi connectivity index (χ4n) is 3.52. The van der Waals surface area contributed by atoms with Crippen LogP contribution in [0.1, 0.15) is 31.7 Å². The van der Waals surface area contributed by atoms with Crippen LogP contribution < -0.4 is 10.6 Å². The van der Waals surface area contributed by atoms with Crippen LogP contribution in [0.25, 0.3) is 10.9 Å². The summed E-state index contributed by atoms with van der Waals surface area (Å²) in [5.41, 5.74) is 2.53. The number of hydrogen-bond donors (Lipinski definition) is 3. The van der Waals surface area contributed by atoms with Crippen molar-refractivity contribution in [1.29, 1.82) is 0 Å². The second-order valence-corrected chi connectivity index (χ2v) is 7.28. The van der Waals surface area contributed by atoms with Gasteiger partial charge < -0.3 is 25.1 Å². The number of ether oxygens (including phenoxy) is 2. The van der Waals surface area contributed by atoms with Crippen molar-refractivity contribution in [2.24, 2.45) is 10.9 Å². The van der Waals surface area contributed by atoms with E-state index in [0.29, 0.717) is 5.92 Å². The fourth-order valence-corrected chi connectivity index (χ4v) is 3.52. The van der Waals surface area contributed by atoms with Crippen LogP contribution in [0.3, 0.4) is 0 Å².